The summed E-state index contributed by atoms with van der Waals surface area (Å²) in [6.45, 7) is 2.15. The molecule has 1 aliphatic rings. The molecule has 2 rings (SSSR count). The Kier molecular flexibility index (Phi) is 4.95. The molecule has 1 N–H and O–H groups in total. The van der Waals surface area contributed by atoms with Gasteiger partial charge in [-0.15, -0.1) is 0 Å². The van der Waals surface area contributed by atoms with Gasteiger partial charge >= 0.3 is 0 Å². The lowest BCUT2D eigenvalue weighted by atomic mass is 9.91. The minimum Gasteiger partial charge on any atom is -0.396 e. The summed E-state index contributed by atoms with van der Waals surface area (Å²) in [5, 5.41) is 8.94. The molecule has 0 aliphatic heterocycles. The van der Waals surface area contributed by atoms with Gasteiger partial charge in [-0.25, -0.2) is 0 Å². The number of rotatable bonds is 6. The molecule has 1 saturated carbocycles. The van der Waals surface area contributed by atoms with Gasteiger partial charge in [-0.1, -0.05) is 6.42 Å². The fourth-order valence-corrected chi connectivity index (χ4v) is 2.36. The highest BCUT2D eigenvalue weighted by Gasteiger charge is 2.24. The average Bonchev–Trinajstić information content (AvgIpc) is 2.26. The van der Waals surface area contributed by atoms with E-state index in [2.05, 4.69) is 31.9 Å². The standard InChI is InChI=1S/C13H19BrN2O/c14-11-5-6-12(15-9-11)10-16(7-2-8-17)13-3-1-4-13/h5-6,9,13,17H,1-4,7-8,10H2. The van der Waals surface area contributed by atoms with Crippen molar-refractivity contribution in [2.24, 2.45) is 0 Å². The predicted molar refractivity (Wildman–Crippen MR) is 71.7 cm³/mol. The number of hydrogen-bond acceptors (Lipinski definition) is 3. The van der Waals surface area contributed by atoms with Crippen molar-refractivity contribution in [3.8, 4) is 0 Å². The molecule has 0 radical (unpaired) electrons. The first-order chi connectivity index (χ1) is 8.29. The molecule has 1 aliphatic carbocycles. The Balaban J connectivity index is 1.93. The van der Waals surface area contributed by atoms with Crippen molar-refractivity contribution < 1.29 is 5.11 Å². The number of aliphatic hydroxyl groups excluding tert-OH is 1. The molecule has 0 atom stereocenters. The summed E-state index contributed by atoms with van der Waals surface area (Å²) in [4.78, 5) is 6.87. The van der Waals surface area contributed by atoms with Crippen LogP contribution in [-0.4, -0.2) is 34.2 Å². The van der Waals surface area contributed by atoms with Crippen LogP contribution in [0.2, 0.25) is 0 Å². The quantitative estimate of drug-likeness (QED) is 0.877. The van der Waals surface area contributed by atoms with Crippen molar-refractivity contribution in [2.75, 3.05) is 13.2 Å². The maximum Gasteiger partial charge on any atom is 0.0544 e. The molecule has 3 nitrogen and oxygen atoms in total. The van der Waals surface area contributed by atoms with Gasteiger partial charge in [-0.2, -0.15) is 0 Å². The summed E-state index contributed by atoms with van der Waals surface area (Å²) < 4.78 is 1.02. The van der Waals surface area contributed by atoms with E-state index in [4.69, 9.17) is 5.11 Å². The first-order valence-corrected chi connectivity index (χ1v) is 7.04. The molecular formula is C13H19BrN2O. The van der Waals surface area contributed by atoms with Gasteiger partial charge in [0, 0.05) is 36.4 Å². The van der Waals surface area contributed by atoms with Crippen LogP contribution in [0.3, 0.4) is 0 Å². The molecular weight excluding hydrogens is 280 g/mol. The van der Waals surface area contributed by atoms with E-state index >= 15 is 0 Å². The van der Waals surface area contributed by atoms with Crippen molar-refractivity contribution in [3.63, 3.8) is 0 Å². The topological polar surface area (TPSA) is 36.4 Å². The molecule has 0 bridgehead atoms. The summed E-state index contributed by atoms with van der Waals surface area (Å²) in [6, 6.07) is 4.80. The Hall–Kier alpha value is -0.450. The number of nitrogens with zero attached hydrogens (tertiary/aromatic N) is 2. The van der Waals surface area contributed by atoms with Crippen molar-refractivity contribution >= 4 is 15.9 Å². The zero-order valence-corrected chi connectivity index (χ0v) is 11.6. The Labute approximate surface area is 111 Å². The van der Waals surface area contributed by atoms with Gasteiger partial charge in [0.2, 0.25) is 0 Å². The normalized spacial score (nSPS) is 16.2. The number of pyridine rings is 1. The fraction of sp³-hybridized carbons (Fsp3) is 0.615. The van der Waals surface area contributed by atoms with Gasteiger partial charge in [-0.3, -0.25) is 9.88 Å². The van der Waals surface area contributed by atoms with Crippen LogP contribution >= 0.6 is 15.9 Å². The third-order valence-corrected chi connectivity index (χ3v) is 3.82. The smallest absolute Gasteiger partial charge is 0.0544 e. The second kappa shape index (κ2) is 6.47. The Morgan fingerprint density at radius 2 is 2.24 bits per heavy atom. The van der Waals surface area contributed by atoms with E-state index in [0.717, 1.165) is 29.7 Å². The highest BCUT2D eigenvalue weighted by atomic mass is 79.9. The van der Waals surface area contributed by atoms with E-state index in [9.17, 15) is 0 Å². The van der Waals surface area contributed by atoms with E-state index < -0.39 is 0 Å². The van der Waals surface area contributed by atoms with Crippen molar-refractivity contribution in [1.29, 1.82) is 0 Å². The molecule has 17 heavy (non-hydrogen) atoms. The zero-order valence-electron chi connectivity index (χ0n) is 9.98. The molecule has 1 fully saturated rings. The third kappa shape index (κ3) is 3.76. The number of halogens is 1. The molecule has 1 heterocycles. The third-order valence-electron chi connectivity index (χ3n) is 3.35. The van der Waals surface area contributed by atoms with E-state index in [-0.39, 0.29) is 6.61 Å². The van der Waals surface area contributed by atoms with Crippen LogP contribution in [0.5, 0.6) is 0 Å². The van der Waals surface area contributed by atoms with E-state index in [0.29, 0.717) is 6.04 Å². The van der Waals surface area contributed by atoms with E-state index in [1.165, 1.54) is 19.3 Å². The Morgan fingerprint density at radius 1 is 1.41 bits per heavy atom. The van der Waals surface area contributed by atoms with Crippen LogP contribution in [0.25, 0.3) is 0 Å². The lowest BCUT2D eigenvalue weighted by molar-refractivity contribution is 0.108. The molecule has 0 spiro atoms. The average molecular weight is 299 g/mol. The number of aliphatic hydroxyl groups is 1. The van der Waals surface area contributed by atoms with Gasteiger partial charge in [0.05, 0.1) is 5.69 Å². The van der Waals surface area contributed by atoms with Crippen LogP contribution in [-0.2, 0) is 6.54 Å². The largest absolute Gasteiger partial charge is 0.396 e. The number of aromatic nitrogens is 1. The van der Waals surface area contributed by atoms with Gasteiger partial charge in [-0.05, 0) is 47.3 Å². The van der Waals surface area contributed by atoms with Crippen LogP contribution in [0.4, 0.5) is 0 Å². The molecule has 0 saturated heterocycles. The molecule has 0 unspecified atom stereocenters. The maximum absolute atomic E-state index is 8.94. The second-order valence-electron chi connectivity index (χ2n) is 4.60. The maximum atomic E-state index is 8.94. The summed E-state index contributed by atoms with van der Waals surface area (Å²) in [7, 11) is 0. The van der Waals surface area contributed by atoms with Crippen LogP contribution in [0.15, 0.2) is 22.8 Å². The highest BCUT2D eigenvalue weighted by Crippen LogP contribution is 2.26. The molecule has 1 aromatic heterocycles. The molecule has 94 valence electrons. The van der Waals surface area contributed by atoms with Crippen LogP contribution in [0, 0.1) is 0 Å². The summed E-state index contributed by atoms with van der Waals surface area (Å²) in [5.74, 6) is 0. The lowest BCUT2D eigenvalue weighted by Crippen LogP contribution is -2.40. The minimum absolute atomic E-state index is 0.275. The van der Waals surface area contributed by atoms with Gasteiger partial charge in [0.25, 0.3) is 0 Å². The summed E-state index contributed by atoms with van der Waals surface area (Å²) >= 11 is 3.40. The summed E-state index contributed by atoms with van der Waals surface area (Å²) in [6.07, 6.45) is 6.63. The zero-order chi connectivity index (χ0) is 12.1. The van der Waals surface area contributed by atoms with E-state index in [1.54, 1.807) is 0 Å². The summed E-state index contributed by atoms with van der Waals surface area (Å²) in [5.41, 5.74) is 1.11. The van der Waals surface area contributed by atoms with Crippen LogP contribution in [0.1, 0.15) is 31.4 Å². The monoisotopic (exact) mass is 298 g/mol. The van der Waals surface area contributed by atoms with Crippen molar-refractivity contribution in [1.82, 2.24) is 9.88 Å². The fourth-order valence-electron chi connectivity index (χ4n) is 2.12. The highest BCUT2D eigenvalue weighted by molar-refractivity contribution is 9.10. The first kappa shape index (κ1) is 13.0. The van der Waals surface area contributed by atoms with Gasteiger partial charge in [0.1, 0.15) is 0 Å². The van der Waals surface area contributed by atoms with Crippen LogP contribution < -0.4 is 0 Å². The van der Waals surface area contributed by atoms with Crippen molar-refractivity contribution in [3.05, 3.63) is 28.5 Å². The second-order valence-corrected chi connectivity index (χ2v) is 5.52. The molecule has 1 aromatic rings. The SMILES string of the molecule is OCCCN(Cc1ccc(Br)cn1)C1CCC1. The Morgan fingerprint density at radius 3 is 2.76 bits per heavy atom. The molecule has 0 amide bonds. The molecule has 0 aromatic carbocycles. The van der Waals surface area contributed by atoms with Gasteiger partial charge < -0.3 is 5.11 Å². The first-order valence-electron chi connectivity index (χ1n) is 6.25. The lowest BCUT2D eigenvalue weighted by Gasteiger charge is -2.37. The van der Waals surface area contributed by atoms with Gasteiger partial charge in [0.15, 0.2) is 0 Å². The van der Waals surface area contributed by atoms with Crippen molar-refractivity contribution in [2.45, 2.75) is 38.3 Å². The Bertz CT molecular complexity index is 338. The molecule has 4 heteroatoms. The minimum atomic E-state index is 0.275. The predicted octanol–water partition coefficient (Wildman–Crippen LogP) is 2.58. The number of hydrogen-bond donors (Lipinski definition) is 1. The van der Waals surface area contributed by atoms with E-state index in [1.807, 2.05) is 12.3 Å².